The number of esters is 2. The van der Waals surface area contributed by atoms with Crippen molar-refractivity contribution in [2.45, 2.75) is 26.2 Å². The number of rotatable bonds is 4. The van der Waals surface area contributed by atoms with Gasteiger partial charge in [-0.3, -0.25) is 9.59 Å². The Kier molecular flexibility index (Phi) is 4.02. The molecule has 0 saturated carbocycles. The molecule has 0 spiro atoms. The first kappa shape index (κ1) is 14.0. The summed E-state index contributed by atoms with van der Waals surface area (Å²) in [5.74, 6) is -1.99. The molecule has 1 saturated heterocycles. The van der Waals surface area contributed by atoms with Crippen molar-refractivity contribution in [1.29, 1.82) is 0 Å². The molecule has 1 N–H and O–H groups in total. The lowest BCUT2D eigenvalue weighted by molar-refractivity contribution is -0.173. The van der Waals surface area contributed by atoms with Crippen LogP contribution in [0.3, 0.4) is 0 Å². The van der Waals surface area contributed by atoms with Gasteiger partial charge >= 0.3 is 11.9 Å². The van der Waals surface area contributed by atoms with E-state index >= 15 is 0 Å². The highest BCUT2D eigenvalue weighted by atomic mass is 16.6. The molecule has 106 valence electrons. The number of β-lactam (4-membered cyclic amide) rings is 1. The van der Waals surface area contributed by atoms with Crippen molar-refractivity contribution in [1.82, 2.24) is 5.32 Å². The smallest absolute Gasteiger partial charge is 0.338 e. The van der Waals surface area contributed by atoms with Gasteiger partial charge in [0.1, 0.15) is 12.0 Å². The largest absolute Gasteiger partial charge is 0.458 e. The van der Waals surface area contributed by atoms with E-state index in [-0.39, 0.29) is 5.91 Å². The Labute approximate surface area is 116 Å². The second-order valence-electron chi connectivity index (χ2n) is 4.54. The van der Waals surface area contributed by atoms with Crippen molar-refractivity contribution in [2.24, 2.45) is 5.92 Å². The van der Waals surface area contributed by atoms with Crippen molar-refractivity contribution in [3.63, 3.8) is 0 Å². The zero-order valence-electron chi connectivity index (χ0n) is 11.2. The molecule has 1 aliphatic heterocycles. The zero-order valence-corrected chi connectivity index (χ0v) is 11.2. The topological polar surface area (TPSA) is 81.7 Å². The maximum absolute atomic E-state index is 11.9. The van der Waals surface area contributed by atoms with Gasteiger partial charge in [0.25, 0.3) is 0 Å². The Hall–Kier alpha value is -2.37. The minimum absolute atomic E-state index is 0.301. The molecule has 3 atom stereocenters. The third-order valence-corrected chi connectivity index (χ3v) is 3.01. The third-order valence-electron chi connectivity index (χ3n) is 3.01. The molecule has 6 heteroatoms. The number of amides is 1. The van der Waals surface area contributed by atoms with Crippen LogP contribution in [0, 0.1) is 5.92 Å². The van der Waals surface area contributed by atoms with Crippen LogP contribution in [0.25, 0.3) is 0 Å². The van der Waals surface area contributed by atoms with E-state index in [9.17, 15) is 14.4 Å². The molecule has 1 aromatic rings. The first-order chi connectivity index (χ1) is 9.49. The van der Waals surface area contributed by atoms with Gasteiger partial charge in [-0.2, -0.15) is 0 Å². The predicted octanol–water partition coefficient (Wildman–Crippen LogP) is 0.867. The Bertz CT molecular complexity index is 528. The van der Waals surface area contributed by atoms with Crippen LogP contribution < -0.4 is 5.32 Å². The highest BCUT2D eigenvalue weighted by Gasteiger charge is 2.47. The highest BCUT2D eigenvalue weighted by molar-refractivity contribution is 5.90. The van der Waals surface area contributed by atoms with Crippen molar-refractivity contribution in [3.8, 4) is 0 Å². The number of hydrogen-bond donors (Lipinski definition) is 1. The first-order valence-electron chi connectivity index (χ1n) is 6.22. The van der Waals surface area contributed by atoms with E-state index in [1.165, 1.54) is 6.92 Å². The van der Waals surface area contributed by atoms with E-state index in [0.717, 1.165) is 0 Å². The fraction of sp³-hybridized carbons (Fsp3) is 0.357. The fourth-order valence-electron chi connectivity index (χ4n) is 1.99. The predicted molar refractivity (Wildman–Crippen MR) is 68.5 cm³/mol. The molecular weight excluding hydrogens is 262 g/mol. The number of hydrogen-bond acceptors (Lipinski definition) is 5. The summed E-state index contributed by atoms with van der Waals surface area (Å²) in [6.45, 7) is 2.85. The summed E-state index contributed by atoms with van der Waals surface area (Å²) in [7, 11) is 0. The SMILES string of the molecule is CC(=O)O[C@@H]1NC(=O)[C@@H]1C(C)OC(=O)c1ccccc1. The molecule has 0 bridgehead atoms. The Morgan fingerprint density at radius 3 is 2.45 bits per heavy atom. The molecule has 0 radical (unpaired) electrons. The van der Waals surface area contributed by atoms with Gasteiger partial charge in [-0.05, 0) is 19.1 Å². The minimum Gasteiger partial charge on any atom is -0.458 e. The Balaban J connectivity index is 1.97. The maximum Gasteiger partial charge on any atom is 0.338 e. The monoisotopic (exact) mass is 277 g/mol. The summed E-state index contributed by atoms with van der Waals surface area (Å²) in [4.78, 5) is 34.2. The molecule has 1 amide bonds. The Morgan fingerprint density at radius 1 is 1.25 bits per heavy atom. The van der Waals surface area contributed by atoms with Gasteiger partial charge in [0, 0.05) is 6.92 Å². The van der Waals surface area contributed by atoms with E-state index < -0.39 is 30.2 Å². The average molecular weight is 277 g/mol. The van der Waals surface area contributed by atoms with Crippen LogP contribution in [0.2, 0.25) is 0 Å². The van der Waals surface area contributed by atoms with Crippen LogP contribution in [-0.2, 0) is 19.1 Å². The van der Waals surface area contributed by atoms with Crippen molar-refractivity contribution in [3.05, 3.63) is 35.9 Å². The van der Waals surface area contributed by atoms with Gasteiger partial charge in [0.15, 0.2) is 6.23 Å². The van der Waals surface area contributed by atoms with Crippen LogP contribution >= 0.6 is 0 Å². The second kappa shape index (κ2) is 5.73. The quantitative estimate of drug-likeness (QED) is 0.652. The summed E-state index contributed by atoms with van der Waals surface area (Å²) in [5.41, 5.74) is 0.406. The molecule has 0 aliphatic carbocycles. The molecule has 1 fully saturated rings. The Morgan fingerprint density at radius 2 is 1.90 bits per heavy atom. The highest BCUT2D eigenvalue weighted by Crippen LogP contribution is 2.23. The number of ether oxygens (including phenoxy) is 2. The van der Waals surface area contributed by atoms with Crippen LogP contribution in [-0.4, -0.2) is 30.2 Å². The van der Waals surface area contributed by atoms with Crippen LogP contribution in [0.4, 0.5) is 0 Å². The van der Waals surface area contributed by atoms with Crippen LogP contribution in [0.5, 0.6) is 0 Å². The summed E-state index contributed by atoms with van der Waals surface area (Å²) in [5, 5.41) is 2.44. The number of carbonyl (C=O) groups excluding carboxylic acids is 3. The minimum atomic E-state index is -0.737. The average Bonchev–Trinajstić information content (AvgIpc) is 2.38. The van der Waals surface area contributed by atoms with E-state index in [4.69, 9.17) is 9.47 Å². The van der Waals surface area contributed by atoms with Gasteiger partial charge in [-0.15, -0.1) is 0 Å². The standard InChI is InChI=1S/C14H15NO5/c1-8(11-12(17)15-13(11)20-9(2)16)19-14(18)10-6-4-3-5-7-10/h3-8,11,13H,1-2H3,(H,15,17)/t8?,11-,13-/m0/s1. The summed E-state index contributed by atoms with van der Waals surface area (Å²) in [6, 6.07) is 8.48. The van der Waals surface area contributed by atoms with E-state index in [1.54, 1.807) is 37.3 Å². The molecule has 20 heavy (non-hydrogen) atoms. The number of nitrogens with one attached hydrogen (secondary N) is 1. The van der Waals surface area contributed by atoms with Gasteiger partial charge in [-0.1, -0.05) is 18.2 Å². The van der Waals surface area contributed by atoms with Gasteiger partial charge < -0.3 is 14.8 Å². The van der Waals surface area contributed by atoms with E-state index in [1.807, 2.05) is 0 Å². The normalized spacial score (nSPS) is 22.2. The number of benzene rings is 1. The molecule has 1 unspecified atom stereocenters. The van der Waals surface area contributed by atoms with Gasteiger partial charge in [-0.25, -0.2) is 4.79 Å². The molecule has 6 nitrogen and oxygen atoms in total. The molecule has 1 aromatic carbocycles. The molecule has 0 aromatic heterocycles. The van der Waals surface area contributed by atoms with Crippen LogP contribution in [0.15, 0.2) is 30.3 Å². The molecule has 1 aliphatic rings. The van der Waals surface area contributed by atoms with E-state index in [2.05, 4.69) is 5.32 Å². The number of carbonyl (C=O) groups is 3. The van der Waals surface area contributed by atoms with Gasteiger partial charge in [0.2, 0.25) is 5.91 Å². The fourth-order valence-corrected chi connectivity index (χ4v) is 1.99. The lowest BCUT2D eigenvalue weighted by atomic mass is 9.93. The second-order valence-corrected chi connectivity index (χ2v) is 4.54. The lowest BCUT2D eigenvalue weighted by Gasteiger charge is -2.38. The maximum atomic E-state index is 11.9. The summed E-state index contributed by atoms with van der Waals surface area (Å²) < 4.78 is 10.1. The molecule has 1 heterocycles. The summed E-state index contributed by atoms with van der Waals surface area (Å²) >= 11 is 0. The van der Waals surface area contributed by atoms with Crippen molar-refractivity contribution < 1.29 is 23.9 Å². The first-order valence-corrected chi connectivity index (χ1v) is 6.22. The molecular formula is C14H15NO5. The summed E-state index contributed by atoms with van der Waals surface area (Å²) in [6.07, 6.45) is -1.42. The lowest BCUT2D eigenvalue weighted by Crippen LogP contribution is -2.63. The third kappa shape index (κ3) is 2.96. The van der Waals surface area contributed by atoms with Gasteiger partial charge in [0.05, 0.1) is 5.56 Å². The van der Waals surface area contributed by atoms with Crippen molar-refractivity contribution >= 4 is 17.8 Å². The molecule has 2 rings (SSSR count). The van der Waals surface area contributed by atoms with Crippen molar-refractivity contribution in [2.75, 3.05) is 0 Å². The van der Waals surface area contributed by atoms with Crippen LogP contribution in [0.1, 0.15) is 24.2 Å². The zero-order chi connectivity index (χ0) is 14.7. The van der Waals surface area contributed by atoms with E-state index in [0.29, 0.717) is 5.56 Å².